The van der Waals surface area contributed by atoms with E-state index in [-0.39, 0.29) is 5.78 Å². The Kier molecular flexibility index (Phi) is 3.69. The van der Waals surface area contributed by atoms with E-state index in [0.29, 0.717) is 12.7 Å². The van der Waals surface area contributed by atoms with Gasteiger partial charge in [-0.1, -0.05) is 22.9 Å². The molecular weight excluding hydrogens is 172 g/mol. The van der Waals surface area contributed by atoms with E-state index in [2.05, 4.69) is 15.9 Å². The summed E-state index contributed by atoms with van der Waals surface area (Å²) >= 11 is 2.88. The van der Waals surface area contributed by atoms with Crippen LogP contribution in [0.4, 0.5) is 0 Å². The molecule has 0 bridgehead atoms. The van der Waals surface area contributed by atoms with E-state index in [9.17, 15) is 9.59 Å². The summed E-state index contributed by atoms with van der Waals surface area (Å²) in [5.41, 5.74) is 0. The van der Waals surface area contributed by atoms with E-state index in [1.54, 1.807) is 6.92 Å². The molecule has 0 radical (unpaired) electrons. The molecule has 0 aliphatic rings. The smallest absolute Gasteiger partial charge is 0.153 e. The molecule has 1 atom stereocenters. The zero-order valence-corrected chi connectivity index (χ0v) is 6.14. The highest BCUT2D eigenvalue weighted by atomic mass is 79.9. The van der Waals surface area contributed by atoms with E-state index in [1.165, 1.54) is 0 Å². The quantitative estimate of drug-likeness (QED) is 0.366. The van der Waals surface area contributed by atoms with E-state index in [0.717, 1.165) is 0 Å². The Balaban J connectivity index is 3.62. The minimum atomic E-state index is -0.590. The number of rotatable bonds is 3. The van der Waals surface area contributed by atoms with Crippen LogP contribution in [-0.2, 0) is 9.59 Å². The molecule has 1 unspecified atom stereocenters. The molecule has 0 fully saturated rings. The van der Waals surface area contributed by atoms with Gasteiger partial charge in [0.1, 0.15) is 11.1 Å². The maximum Gasteiger partial charge on any atom is 0.153 e. The highest BCUT2D eigenvalue weighted by molar-refractivity contribution is 9.10. The molecule has 0 aromatic rings. The van der Waals surface area contributed by atoms with Crippen molar-refractivity contribution in [2.24, 2.45) is 0 Å². The molecule has 0 aromatic heterocycles. The lowest BCUT2D eigenvalue weighted by molar-refractivity contribution is -0.121. The van der Waals surface area contributed by atoms with E-state index >= 15 is 0 Å². The molecule has 8 heavy (non-hydrogen) atoms. The predicted octanol–water partition coefficient (Wildman–Crippen LogP) is 0.928. The number of alkyl halides is 1. The van der Waals surface area contributed by atoms with Crippen LogP contribution in [-0.4, -0.2) is 16.9 Å². The number of hydrogen-bond donors (Lipinski definition) is 0. The van der Waals surface area contributed by atoms with Crippen molar-refractivity contribution in [2.45, 2.75) is 18.2 Å². The number of aldehydes is 1. The van der Waals surface area contributed by atoms with Crippen LogP contribution in [0.2, 0.25) is 0 Å². The SMILES string of the molecule is CCC(=O)C(Br)C=O. The fourth-order valence-electron chi connectivity index (χ4n) is 0.271. The molecule has 0 rings (SSSR count). The minimum Gasteiger partial charge on any atom is -0.302 e. The summed E-state index contributed by atoms with van der Waals surface area (Å²) in [4.78, 5) is 19.7. The van der Waals surface area contributed by atoms with E-state index < -0.39 is 4.83 Å². The molecule has 0 saturated heterocycles. The molecule has 0 N–H and O–H groups in total. The molecule has 0 saturated carbocycles. The van der Waals surface area contributed by atoms with Crippen LogP contribution in [0.25, 0.3) is 0 Å². The van der Waals surface area contributed by atoms with Gasteiger partial charge in [-0.2, -0.15) is 0 Å². The fraction of sp³-hybridized carbons (Fsp3) is 0.600. The van der Waals surface area contributed by atoms with Crippen molar-refractivity contribution in [2.75, 3.05) is 0 Å². The molecule has 2 nitrogen and oxygen atoms in total. The van der Waals surface area contributed by atoms with Crippen LogP contribution in [0.15, 0.2) is 0 Å². The molecule has 0 amide bonds. The number of carbonyl (C=O) groups is 2. The molecule has 0 aliphatic heterocycles. The van der Waals surface area contributed by atoms with E-state index in [4.69, 9.17) is 0 Å². The lowest BCUT2D eigenvalue weighted by atomic mass is 10.2. The van der Waals surface area contributed by atoms with Crippen molar-refractivity contribution in [3.8, 4) is 0 Å². The van der Waals surface area contributed by atoms with Gasteiger partial charge in [0.25, 0.3) is 0 Å². The van der Waals surface area contributed by atoms with Gasteiger partial charge in [-0.3, -0.25) is 4.79 Å². The van der Waals surface area contributed by atoms with Gasteiger partial charge in [-0.25, -0.2) is 0 Å². The van der Waals surface area contributed by atoms with Gasteiger partial charge in [-0.05, 0) is 0 Å². The van der Waals surface area contributed by atoms with Crippen LogP contribution in [0, 0.1) is 0 Å². The maximum absolute atomic E-state index is 10.5. The monoisotopic (exact) mass is 178 g/mol. The van der Waals surface area contributed by atoms with Gasteiger partial charge in [0.15, 0.2) is 5.78 Å². The third kappa shape index (κ3) is 2.21. The molecule has 46 valence electrons. The van der Waals surface area contributed by atoms with Gasteiger partial charge in [0.2, 0.25) is 0 Å². The second-order valence-electron chi connectivity index (χ2n) is 1.36. The highest BCUT2D eigenvalue weighted by Gasteiger charge is 2.08. The summed E-state index contributed by atoms with van der Waals surface area (Å²) in [5.74, 6) is -0.0694. The zero-order valence-electron chi connectivity index (χ0n) is 4.56. The zero-order chi connectivity index (χ0) is 6.57. The first-order valence-electron chi connectivity index (χ1n) is 2.34. The normalized spacial score (nSPS) is 12.8. The largest absolute Gasteiger partial charge is 0.302 e. The van der Waals surface area contributed by atoms with Crippen LogP contribution < -0.4 is 0 Å². The third-order valence-electron chi connectivity index (χ3n) is 0.776. The van der Waals surface area contributed by atoms with Gasteiger partial charge in [-0.15, -0.1) is 0 Å². The van der Waals surface area contributed by atoms with E-state index in [1.807, 2.05) is 0 Å². The van der Waals surface area contributed by atoms with Crippen LogP contribution in [0.1, 0.15) is 13.3 Å². The van der Waals surface area contributed by atoms with Crippen molar-refractivity contribution < 1.29 is 9.59 Å². The Bertz CT molecular complexity index is 101. The lowest BCUT2D eigenvalue weighted by Crippen LogP contribution is -2.12. The summed E-state index contributed by atoms with van der Waals surface area (Å²) in [7, 11) is 0. The summed E-state index contributed by atoms with van der Waals surface area (Å²) in [6, 6.07) is 0. The summed E-state index contributed by atoms with van der Waals surface area (Å²) < 4.78 is 0. The average molecular weight is 179 g/mol. The number of Topliss-reactive ketones (excluding diaryl/α,β-unsaturated/α-hetero) is 1. The first-order chi connectivity index (χ1) is 3.72. The summed E-state index contributed by atoms with van der Waals surface area (Å²) in [6.45, 7) is 1.72. The Labute approximate surface area is 56.4 Å². The second-order valence-corrected chi connectivity index (χ2v) is 2.34. The van der Waals surface area contributed by atoms with Crippen molar-refractivity contribution >= 4 is 28.0 Å². The minimum absolute atomic E-state index is 0.0694. The Morgan fingerprint density at radius 2 is 2.38 bits per heavy atom. The maximum atomic E-state index is 10.5. The number of carbonyl (C=O) groups excluding carboxylic acids is 2. The second kappa shape index (κ2) is 3.78. The van der Waals surface area contributed by atoms with Crippen LogP contribution >= 0.6 is 15.9 Å². The molecule has 0 aliphatic carbocycles. The predicted molar refractivity (Wildman–Crippen MR) is 34.1 cm³/mol. The molecule has 3 heteroatoms. The lowest BCUT2D eigenvalue weighted by Gasteiger charge is -1.93. The average Bonchev–Trinajstić information content (AvgIpc) is 1.84. The van der Waals surface area contributed by atoms with Gasteiger partial charge < -0.3 is 4.79 Å². The number of hydrogen-bond acceptors (Lipinski definition) is 2. The number of halogens is 1. The third-order valence-corrected chi connectivity index (χ3v) is 1.50. The first kappa shape index (κ1) is 7.82. The fourth-order valence-corrected chi connectivity index (χ4v) is 0.595. The molecule has 0 spiro atoms. The van der Waals surface area contributed by atoms with Gasteiger partial charge in [0.05, 0.1) is 0 Å². The Morgan fingerprint density at radius 3 is 2.50 bits per heavy atom. The number of ketones is 1. The molecular formula is C5H7BrO2. The summed E-state index contributed by atoms with van der Waals surface area (Å²) in [6.07, 6.45) is 1.00. The summed E-state index contributed by atoms with van der Waals surface area (Å²) in [5, 5.41) is 0. The van der Waals surface area contributed by atoms with Crippen LogP contribution in [0.5, 0.6) is 0 Å². The van der Waals surface area contributed by atoms with Crippen molar-refractivity contribution in [3.63, 3.8) is 0 Å². The molecule has 0 aromatic carbocycles. The van der Waals surface area contributed by atoms with Crippen molar-refractivity contribution in [1.82, 2.24) is 0 Å². The van der Waals surface area contributed by atoms with Crippen molar-refractivity contribution in [3.05, 3.63) is 0 Å². The van der Waals surface area contributed by atoms with Gasteiger partial charge in [0, 0.05) is 6.42 Å². The Morgan fingerprint density at radius 1 is 1.88 bits per heavy atom. The van der Waals surface area contributed by atoms with Crippen molar-refractivity contribution in [1.29, 1.82) is 0 Å². The van der Waals surface area contributed by atoms with Gasteiger partial charge >= 0.3 is 0 Å². The first-order valence-corrected chi connectivity index (χ1v) is 3.26. The standard InChI is InChI=1S/C5H7BrO2/c1-2-5(8)4(6)3-7/h3-4H,2H2,1H3. The Hall–Kier alpha value is -0.180. The van der Waals surface area contributed by atoms with Crippen LogP contribution in [0.3, 0.4) is 0 Å². The molecule has 0 heterocycles. The highest BCUT2D eigenvalue weighted by Crippen LogP contribution is 1.98. The topological polar surface area (TPSA) is 34.1 Å².